The maximum Gasteiger partial charge on any atom is 0.240 e. The number of carbonyl (C=O) groups excluding carboxylic acids is 1. The highest BCUT2D eigenvalue weighted by molar-refractivity contribution is 5.41. The van der Waals surface area contributed by atoms with Crippen molar-refractivity contribution in [1.82, 2.24) is 0 Å². The van der Waals surface area contributed by atoms with E-state index < -0.39 is 0 Å². The summed E-state index contributed by atoms with van der Waals surface area (Å²) in [6.45, 7) is 2.06. The van der Waals surface area contributed by atoms with Crippen LogP contribution < -0.4 is 0 Å². The maximum atomic E-state index is 9.88. The second-order valence-corrected chi connectivity index (χ2v) is 2.40. The Bertz CT molecular complexity index is 267. The van der Waals surface area contributed by atoms with Crippen LogP contribution in [0.15, 0.2) is 41.1 Å². The average molecular weight is 147 g/mol. The summed E-state index contributed by atoms with van der Waals surface area (Å²) in [5, 5.41) is 0. The smallest absolute Gasteiger partial charge is 0.211 e. The fourth-order valence-corrected chi connectivity index (χ4v) is 0.827. The van der Waals surface area contributed by atoms with Gasteiger partial charge in [0.05, 0.1) is 5.70 Å². The highest BCUT2D eigenvalue weighted by atomic mass is 16.1. The molecule has 0 aromatic rings. The van der Waals surface area contributed by atoms with Crippen LogP contribution in [0.25, 0.3) is 0 Å². The van der Waals surface area contributed by atoms with Gasteiger partial charge in [-0.25, -0.2) is 4.79 Å². The molecule has 0 heterocycles. The fourth-order valence-electron chi connectivity index (χ4n) is 0.827. The van der Waals surface area contributed by atoms with Crippen LogP contribution in [0.1, 0.15) is 6.92 Å². The van der Waals surface area contributed by atoms with Crippen LogP contribution in [-0.4, -0.2) is 6.08 Å². The lowest BCUT2D eigenvalue weighted by molar-refractivity contribution is 0.565. The van der Waals surface area contributed by atoms with Gasteiger partial charge in [0.15, 0.2) is 0 Å². The van der Waals surface area contributed by atoms with Gasteiger partial charge >= 0.3 is 0 Å². The SMILES string of the molecule is CC1C=CC=C(N=C=O)C=C1. The van der Waals surface area contributed by atoms with Gasteiger partial charge in [-0.1, -0.05) is 25.2 Å². The lowest BCUT2D eigenvalue weighted by atomic mass is 10.2. The molecular weight excluding hydrogens is 138 g/mol. The second-order valence-electron chi connectivity index (χ2n) is 2.40. The minimum absolute atomic E-state index is 0.408. The van der Waals surface area contributed by atoms with Crippen molar-refractivity contribution in [3.05, 3.63) is 36.1 Å². The van der Waals surface area contributed by atoms with E-state index in [2.05, 4.69) is 11.9 Å². The van der Waals surface area contributed by atoms with Gasteiger partial charge in [0.1, 0.15) is 0 Å². The maximum absolute atomic E-state index is 9.88. The summed E-state index contributed by atoms with van der Waals surface area (Å²) in [5.74, 6) is 0.408. The fraction of sp³-hybridized carbons (Fsp3) is 0.222. The third kappa shape index (κ3) is 2.36. The van der Waals surface area contributed by atoms with E-state index in [0.29, 0.717) is 11.6 Å². The zero-order valence-electron chi connectivity index (χ0n) is 6.32. The average Bonchev–Trinajstić information content (AvgIpc) is 2.17. The second kappa shape index (κ2) is 3.69. The molecule has 1 unspecified atom stereocenters. The molecule has 1 atom stereocenters. The predicted octanol–water partition coefficient (Wildman–Crippen LogP) is 1.97. The summed E-state index contributed by atoms with van der Waals surface area (Å²) in [4.78, 5) is 13.4. The minimum Gasteiger partial charge on any atom is -0.211 e. The van der Waals surface area contributed by atoms with Crippen molar-refractivity contribution in [2.75, 3.05) is 0 Å². The molecule has 0 N–H and O–H groups in total. The molecule has 0 aromatic carbocycles. The Labute approximate surface area is 65.6 Å². The molecule has 0 spiro atoms. The Kier molecular flexibility index (Phi) is 2.59. The van der Waals surface area contributed by atoms with Crippen LogP contribution in [0, 0.1) is 5.92 Å². The van der Waals surface area contributed by atoms with Gasteiger partial charge in [-0.2, -0.15) is 4.99 Å². The Balaban J connectivity index is 2.84. The first-order valence-electron chi connectivity index (χ1n) is 3.47. The summed E-state index contributed by atoms with van der Waals surface area (Å²) < 4.78 is 0. The zero-order chi connectivity index (χ0) is 8.10. The normalized spacial score (nSPS) is 21.9. The van der Waals surface area contributed by atoms with Gasteiger partial charge in [0.25, 0.3) is 0 Å². The number of isocyanates is 1. The number of nitrogens with zero attached hydrogens (tertiary/aromatic N) is 1. The molecule has 0 saturated heterocycles. The van der Waals surface area contributed by atoms with Gasteiger partial charge in [-0.3, -0.25) is 0 Å². The van der Waals surface area contributed by atoms with E-state index in [1.54, 1.807) is 6.08 Å². The first-order chi connectivity index (χ1) is 5.33. The van der Waals surface area contributed by atoms with Crippen molar-refractivity contribution in [2.45, 2.75) is 6.92 Å². The van der Waals surface area contributed by atoms with Gasteiger partial charge in [-0.05, 0) is 18.1 Å². The molecule has 0 radical (unpaired) electrons. The van der Waals surface area contributed by atoms with Gasteiger partial charge in [0.2, 0.25) is 6.08 Å². The van der Waals surface area contributed by atoms with Crippen molar-refractivity contribution in [3.63, 3.8) is 0 Å². The van der Waals surface area contributed by atoms with Crippen molar-refractivity contribution in [2.24, 2.45) is 10.9 Å². The van der Waals surface area contributed by atoms with E-state index in [9.17, 15) is 4.79 Å². The Morgan fingerprint density at radius 2 is 2.36 bits per heavy atom. The number of allylic oxidation sites excluding steroid dienone is 5. The van der Waals surface area contributed by atoms with E-state index in [1.807, 2.05) is 24.3 Å². The standard InChI is InChI=1S/C9H9NO/c1-8-3-2-4-9(6-5-8)10-7-11/h2-6,8H,1H3. The molecule has 56 valence electrons. The summed E-state index contributed by atoms with van der Waals surface area (Å²) >= 11 is 0. The Morgan fingerprint density at radius 1 is 1.55 bits per heavy atom. The third-order valence-corrected chi connectivity index (χ3v) is 1.43. The van der Waals surface area contributed by atoms with E-state index >= 15 is 0 Å². The lowest BCUT2D eigenvalue weighted by Crippen LogP contribution is -1.78. The Hall–Kier alpha value is -1.40. The molecule has 0 amide bonds. The molecule has 0 aromatic heterocycles. The van der Waals surface area contributed by atoms with Crippen molar-refractivity contribution in [1.29, 1.82) is 0 Å². The Morgan fingerprint density at radius 3 is 3.09 bits per heavy atom. The molecule has 0 fully saturated rings. The topological polar surface area (TPSA) is 29.4 Å². The van der Waals surface area contributed by atoms with Crippen molar-refractivity contribution < 1.29 is 4.79 Å². The van der Waals surface area contributed by atoms with Gasteiger partial charge in [-0.15, -0.1) is 0 Å². The largest absolute Gasteiger partial charge is 0.240 e. The van der Waals surface area contributed by atoms with E-state index in [1.165, 1.54) is 6.08 Å². The predicted molar refractivity (Wildman–Crippen MR) is 43.6 cm³/mol. The molecule has 1 aliphatic rings. The third-order valence-electron chi connectivity index (χ3n) is 1.43. The van der Waals surface area contributed by atoms with E-state index in [4.69, 9.17) is 0 Å². The highest BCUT2D eigenvalue weighted by Crippen LogP contribution is 2.09. The highest BCUT2D eigenvalue weighted by Gasteiger charge is 1.94. The number of hydrogen-bond donors (Lipinski definition) is 0. The van der Waals surface area contributed by atoms with Crippen molar-refractivity contribution in [3.8, 4) is 0 Å². The summed E-state index contributed by atoms with van der Waals surface area (Å²) in [5.41, 5.74) is 0.653. The van der Waals surface area contributed by atoms with Crippen LogP contribution in [0.3, 0.4) is 0 Å². The lowest BCUT2D eigenvalue weighted by Gasteiger charge is -1.91. The van der Waals surface area contributed by atoms with Crippen molar-refractivity contribution >= 4 is 6.08 Å². The molecule has 0 saturated carbocycles. The number of hydrogen-bond acceptors (Lipinski definition) is 2. The number of rotatable bonds is 1. The van der Waals surface area contributed by atoms with Crippen LogP contribution in [0.5, 0.6) is 0 Å². The quantitative estimate of drug-likeness (QED) is 0.412. The molecule has 11 heavy (non-hydrogen) atoms. The molecular formula is C9H9NO. The van der Waals surface area contributed by atoms with Crippen LogP contribution in [0.2, 0.25) is 0 Å². The monoisotopic (exact) mass is 147 g/mol. The van der Waals surface area contributed by atoms with E-state index in [-0.39, 0.29) is 0 Å². The summed E-state index contributed by atoms with van der Waals surface area (Å²) in [6.07, 6.45) is 11.0. The minimum atomic E-state index is 0.408. The van der Waals surface area contributed by atoms with Gasteiger partial charge in [0, 0.05) is 0 Å². The molecule has 2 heteroatoms. The van der Waals surface area contributed by atoms with E-state index in [0.717, 1.165) is 0 Å². The molecule has 0 bridgehead atoms. The molecule has 2 nitrogen and oxygen atoms in total. The molecule has 1 rings (SSSR count). The van der Waals surface area contributed by atoms with Gasteiger partial charge < -0.3 is 0 Å². The summed E-state index contributed by atoms with van der Waals surface area (Å²) in [6, 6.07) is 0. The first kappa shape index (κ1) is 7.70. The first-order valence-corrected chi connectivity index (χ1v) is 3.47. The number of aliphatic imine (C=N–C) groups is 1. The zero-order valence-corrected chi connectivity index (χ0v) is 6.32. The van der Waals surface area contributed by atoms with Crippen LogP contribution in [0.4, 0.5) is 0 Å². The molecule has 0 aliphatic heterocycles. The summed E-state index contributed by atoms with van der Waals surface area (Å²) in [7, 11) is 0. The van der Waals surface area contributed by atoms with Crippen LogP contribution in [-0.2, 0) is 4.79 Å². The molecule has 1 aliphatic carbocycles. The van der Waals surface area contributed by atoms with Crippen LogP contribution >= 0.6 is 0 Å².